The summed E-state index contributed by atoms with van der Waals surface area (Å²) >= 11 is 5.88. The highest BCUT2D eigenvalue weighted by molar-refractivity contribution is 6.30. The average molecular weight is 363 g/mol. The maximum absolute atomic E-state index is 12.4. The Labute approximate surface area is 157 Å². The molecule has 0 radical (unpaired) electrons. The van der Waals surface area contributed by atoms with Crippen molar-refractivity contribution in [1.82, 2.24) is 9.88 Å². The number of rotatable bonds is 3. The molecule has 0 unspecified atom stereocenters. The van der Waals surface area contributed by atoms with E-state index in [-0.39, 0.29) is 5.91 Å². The molecule has 4 rings (SSSR count). The maximum Gasteiger partial charge on any atom is 0.246 e. The van der Waals surface area contributed by atoms with E-state index in [0.29, 0.717) is 11.6 Å². The molecule has 1 aliphatic rings. The molecule has 2 aromatic carbocycles. The molecule has 1 aliphatic heterocycles. The summed E-state index contributed by atoms with van der Waals surface area (Å²) in [5.41, 5.74) is 4.65. The van der Waals surface area contributed by atoms with Crippen molar-refractivity contribution >= 4 is 40.1 Å². The Morgan fingerprint density at radius 3 is 2.69 bits per heavy atom. The molecule has 1 aromatic heterocycles. The molecule has 0 aliphatic carbocycles. The van der Waals surface area contributed by atoms with Gasteiger partial charge in [-0.1, -0.05) is 48.0 Å². The fraction of sp³-hybridized carbons (Fsp3) is 0.136. The van der Waals surface area contributed by atoms with Gasteiger partial charge in [-0.15, -0.1) is 0 Å². The van der Waals surface area contributed by atoms with Gasteiger partial charge in [0.15, 0.2) is 0 Å². The second-order valence-corrected chi connectivity index (χ2v) is 6.83. The van der Waals surface area contributed by atoms with Gasteiger partial charge in [0, 0.05) is 46.9 Å². The van der Waals surface area contributed by atoms with E-state index in [9.17, 15) is 4.79 Å². The van der Waals surface area contributed by atoms with E-state index in [1.165, 1.54) is 16.5 Å². The molecular weight excluding hydrogens is 344 g/mol. The topological polar surface area (TPSA) is 36.1 Å². The van der Waals surface area contributed by atoms with Crippen molar-refractivity contribution in [2.45, 2.75) is 6.42 Å². The zero-order valence-electron chi connectivity index (χ0n) is 14.3. The second kappa shape index (κ2) is 7.22. The first-order valence-corrected chi connectivity index (χ1v) is 9.06. The first-order chi connectivity index (χ1) is 12.7. The molecule has 26 heavy (non-hydrogen) atoms. The average Bonchev–Trinajstić information content (AvgIpc) is 3.11. The Bertz CT molecular complexity index is 998. The van der Waals surface area contributed by atoms with Gasteiger partial charge in [0.25, 0.3) is 0 Å². The van der Waals surface area contributed by atoms with E-state index in [4.69, 9.17) is 11.6 Å². The number of hydrogen-bond donors (Lipinski definition) is 1. The van der Waals surface area contributed by atoms with Crippen LogP contribution in [0.1, 0.15) is 17.5 Å². The molecule has 0 spiro atoms. The van der Waals surface area contributed by atoms with Crippen LogP contribution >= 0.6 is 11.6 Å². The third-order valence-corrected chi connectivity index (χ3v) is 5.00. The molecule has 3 aromatic rings. The van der Waals surface area contributed by atoms with Crippen LogP contribution in [-0.2, 0) is 4.79 Å². The van der Waals surface area contributed by atoms with E-state index in [0.717, 1.165) is 24.0 Å². The Kier molecular flexibility index (Phi) is 4.63. The summed E-state index contributed by atoms with van der Waals surface area (Å²) < 4.78 is 0. The Morgan fingerprint density at radius 1 is 1.12 bits per heavy atom. The third kappa shape index (κ3) is 3.44. The van der Waals surface area contributed by atoms with Crippen LogP contribution in [0.4, 0.5) is 0 Å². The molecule has 1 N–H and O–H groups in total. The van der Waals surface area contributed by atoms with Gasteiger partial charge in [0.2, 0.25) is 5.91 Å². The van der Waals surface area contributed by atoms with Crippen LogP contribution in [0.2, 0.25) is 5.02 Å². The summed E-state index contributed by atoms with van der Waals surface area (Å²) in [4.78, 5) is 17.6. The SMILES string of the molecule is O=C(/C=C/c1ccc(Cl)cc1)N1CC=C(c2c[nH]c3ccccc23)CC1. The second-order valence-electron chi connectivity index (χ2n) is 6.40. The predicted molar refractivity (Wildman–Crippen MR) is 108 cm³/mol. The highest BCUT2D eigenvalue weighted by atomic mass is 35.5. The lowest BCUT2D eigenvalue weighted by atomic mass is 9.99. The lowest BCUT2D eigenvalue weighted by Gasteiger charge is -2.25. The molecule has 0 atom stereocenters. The summed E-state index contributed by atoms with van der Waals surface area (Å²) in [7, 11) is 0. The lowest BCUT2D eigenvalue weighted by Crippen LogP contribution is -2.33. The number of amides is 1. The van der Waals surface area contributed by atoms with Crippen LogP contribution in [0.3, 0.4) is 0 Å². The van der Waals surface area contributed by atoms with Crippen LogP contribution < -0.4 is 0 Å². The van der Waals surface area contributed by atoms with Gasteiger partial charge in [-0.3, -0.25) is 4.79 Å². The Balaban J connectivity index is 1.45. The minimum Gasteiger partial charge on any atom is -0.361 e. The maximum atomic E-state index is 12.4. The summed E-state index contributed by atoms with van der Waals surface area (Å²) in [5, 5.41) is 1.93. The summed E-state index contributed by atoms with van der Waals surface area (Å²) in [5.74, 6) is 0.0363. The van der Waals surface area contributed by atoms with Gasteiger partial charge in [0.05, 0.1) is 0 Å². The molecule has 130 valence electrons. The van der Waals surface area contributed by atoms with Crippen LogP contribution in [0.15, 0.2) is 66.9 Å². The van der Waals surface area contributed by atoms with Crippen molar-refractivity contribution in [2.75, 3.05) is 13.1 Å². The largest absolute Gasteiger partial charge is 0.361 e. The smallest absolute Gasteiger partial charge is 0.246 e. The lowest BCUT2D eigenvalue weighted by molar-refractivity contribution is -0.125. The quantitative estimate of drug-likeness (QED) is 0.642. The van der Waals surface area contributed by atoms with E-state index in [1.807, 2.05) is 41.3 Å². The van der Waals surface area contributed by atoms with E-state index < -0.39 is 0 Å². The monoisotopic (exact) mass is 362 g/mol. The van der Waals surface area contributed by atoms with E-state index in [2.05, 4.69) is 35.5 Å². The van der Waals surface area contributed by atoms with Gasteiger partial charge < -0.3 is 9.88 Å². The minimum absolute atomic E-state index is 0.0363. The standard InChI is InChI=1S/C22H19ClN2O/c23-18-8-5-16(6-9-18)7-10-22(26)25-13-11-17(12-14-25)20-15-24-21-4-2-1-3-19(20)21/h1-11,15,24H,12-14H2/b10-7+. The Morgan fingerprint density at radius 2 is 1.92 bits per heavy atom. The highest BCUT2D eigenvalue weighted by Gasteiger charge is 2.17. The van der Waals surface area contributed by atoms with Crippen LogP contribution in [-0.4, -0.2) is 28.9 Å². The van der Waals surface area contributed by atoms with Crippen LogP contribution in [0, 0.1) is 0 Å². The third-order valence-electron chi connectivity index (χ3n) is 4.74. The van der Waals surface area contributed by atoms with Crippen LogP contribution in [0.25, 0.3) is 22.6 Å². The molecular formula is C22H19ClN2O. The molecule has 0 fully saturated rings. The van der Waals surface area contributed by atoms with Crippen molar-refractivity contribution in [1.29, 1.82) is 0 Å². The van der Waals surface area contributed by atoms with Gasteiger partial charge in [-0.05, 0) is 41.8 Å². The zero-order chi connectivity index (χ0) is 17.9. The number of halogens is 1. The molecule has 0 saturated carbocycles. The van der Waals surface area contributed by atoms with Crippen molar-refractivity contribution in [3.8, 4) is 0 Å². The number of carbonyl (C=O) groups excluding carboxylic acids is 1. The number of hydrogen-bond acceptors (Lipinski definition) is 1. The number of fused-ring (bicyclic) bond motifs is 1. The molecule has 3 nitrogen and oxygen atoms in total. The van der Waals surface area contributed by atoms with E-state index >= 15 is 0 Å². The number of aromatic nitrogens is 1. The number of aromatic amines is 1. The molecule has 0 saturated heterocycles. The number of benzene rings is 2. The van der Waals surface area contributed by atoms with Gasteiger partial charge in [-0.2, -0.15) is 0 Å². The van der Waals surface area contributed by atoms with E-state index in [1.54, 1.807) is 6.08 Å². The predicted octanol–water partition coefficient (Wildman–Crippen LogP) is 5.15. The number of carbonyl (C=O) groups is 1. The first kappa shape index (κ1) is 16.7. The van der Waals surface area contributed by atoms with Gasteiger partial charge in [0.1, 0.15) is 0 Å². The number of H-pyrrole nitrogens is 1. The number of nitrogens with one attached hydrogen (secondary N) is 1. The fourth-order valence-corrected chi connectivity index (χ4v) is 3.42. The molecule has 4 heteroatoms. The summed E-state index contributed by atoms with van der Waals surface area (Å²) in [6.45, 7) is 1.37. The van der Waals surface area contributed by atoms with Crippen LogP contribution in [0.5, 0.6) is 0 Å². The normalized spacial score (nSPS) is 14.8. The molecule has 1 amide bonds. The fourth-order valence-electron chi connectivity index (χ4n) is 3.30. The number of para-hydroxylation sites is 1. The minimum atomic E-state index is 0.0363. The van der Waals surface area contributed by atoms with Crippen molar-refractivity contribution in [3.05, 3.63) is 83.0 Å². The Hall–Kier alpha value is -2.78. The molecule has 0 bridgehead atoms. The van der Waals surface area contributed by atoms with Crippen molar-refractivity contribution in [3.63, 3.8) is 0 Å². The van der Waals surface area contributed by atoms with Gasteiger partial charge in [-0.25, -0.2) is 0 Å². The molecule has 2 heterocycles. The first-order valence-electron chi connectivity index (χ1n) is 8.69. The summed E-state index contributed by atoms with van der Waals surface area (Å²) in [6.07, 6.45) is 8.55. The van der Waals surface area contributed by atoms with Crippen molar-refractivity contribution < 1.29 is 4.79 Å². The number of nitrogens with zero attached hydrogens (tertiary/aromatic N) is 1. The summed E-state index contributed by atoms with van der Waals surface area (Å²) in [6, 6.07) is 15.8. The highest BCUT2D eigenvalue weighted by Crippen LogP contribution is 2.29. The van der Waals surface area contributed by atoms with Crippen molar-refractivity contribution in [2.24, 2.45) is 0 Å². The van der Waals surface area contributed by atoms with Gasteiger partial charge >= 0.3 is 0 Å². The zero-order valence-corrected chi connectivity index (χ0v) is 15.0.